The molecule has 2 heterocycles. The zero-order valence-corrected chi connectivity index (χ0v) is 11.9. The summed E-state index contributed by atoms with van der Waals surface area (Å²) in [5.41, 5.74) is 1.06. The molecule has 2 fully saturated rings. The average Bonchev–Trinajstić information content (AvgIpc) is 2.91. The van der Waals surface area contributed by atoms with Gasteiger partial charge in [0.25, 0.3) is 0 Å². The van der Waals surface area contributed by atoms with Crippen molar-refractivity contribution >= 4 is 32.4 Å². The Bertz CT molecular complexity index is 606. The van der Waals surface area contributed by atoms with Crippen LogP contribution in [0.1, 0.15) is 30.9 Å². The molecule has 19 heavy (non-hydrogen) atoms. The highest BCUT2D eigenvalue weighted by atomic mass is 32.2. The molecule has 1 aliphatic heterocycles. The van der Waals surface area contributed by atoms with Crippen molar-refractivity contribution in [2.24, 2.45) is 11.1 Å². The average molecular weight is 301 g/mol. The summed E-state index contributed by atoms with van der Waals surface area (Å²) in [6, 6.07) is 0. The number of nitrogens with two attached hydrogens (primary N) is 1. The number of sulfonamides is 1. The number of amides is 1. The standard InChI is InChI=1S/C11H15N3O3S2/c12-19(16,17)6-7-3-10(15)14(4-7)11-13-9(5-18-11)8-1-2-8/h5,7-8H,1-4,6H2,(H2,12,16,17). The van der Waals surface area contributed by atoms with Crippen LogP contribution in [0.3, 0.4) is 0 Å². The molecule has 2 N–H and O–H groups in total. The molecule has 1 amide bonds. The summed E-state index contributed by atoms with van der Waals surface area (Å²) in [7, 11) is -3.53. The predicted molar refractivity (Wildman–Crippen MR) is 72.5 cm³/mol. The quantitative estimate of drug-likeness (QED) is 0.884. The van der Waals surface area contributed by atoms with Gasteiger partial charge in [-0.25, -0.2) is 18.5 Å². The summed E-state index contributed by atoms with van der Waals surface area (Å²) < 4.78 is 22.1. The van der Waals surface area contributed by atoms with E-state index in [0.717, 1.165) is 5.69 Å². The molecule has 3 rings (SSSR count). The second-order valence-corrected chi connectivity index (χ2v) is 7.73. The first kappa shape index (κ1) is 13.0. The van der Waals surface area contributed by atoms with Crippen LogP contribution in [0, 0.1) is 5.92 Å². The molecule has 1 unspecified atom stereocenters. The highest BCUT2D eigenvalue weighted by Gasteiger charge is 2.35. The van der Waals surface area contributed by atoms with Crippen molar-refractivity contribution in [3.05, 3.63) is 11.1 Å². The van der Waals surface area contributed by atoms with E-state index in [1.54, 1.807) is 4.90 Å². The van der Waals surface area contributed by atoms with Gasteiger partial charge < -0.3 is 0 Å². The van der Waals surface area contributed by atoms with Gasteiger partial charge in [-0.05, 0) is 12.8 Å². The van der Waals surface area contributed by atoms with Crippen LogP contribution < -0.4 is 10.0 Å². The molecule has 1 aromatic heterocycles. The van der Waals surface area contributed by atoms with Crippen LogP contribution in [0.2, 0.25) is 0 Å². The molecule has 0 spiro atoms. The highest BCUT2D eigenvalue weighted by Crippen LogP contribution is 2.42. The smallest absolute Gasteiger partial charge is 0.229 e. The number of anilines is 1. The summed E-state index contributed by atoms with van der Waals surface area (Å²) in [5.74, 6) is 0.125. The first-order valence-electron chi connectivity index (χ1n) is 6.18. The molecule has 104 valence electrons. The minimum absolute atomic E-state index is 0.0645. The number of carbonyl (C=O) groups is 1. The molecule has 1 saturated heterocycles. The topological polar surface area (TPSA) is 93.4 Å². The zero-order chi connectivity index (χ0) is 13.6. The van der Waals surface area contributed by atoms with Crippen molar-refractivity contribution in [3.63, 3.8) is 0 Å². The summed E-state index contributed by atoms with van der Waals surface area (Å²) in [6.07, 6.45) is 2.57. The van der Waals surface area contributed by atoms with E-state index in [4.69, 9.17) is 5.14 Å². The lowest BCUT2D eigenvalue weighted by Gasteiger charge is -2.12. The number of rotatable bonds is 4. The fourth-order valence-corrected chi connectivity index (χ4v) is 4.19. The zero-order valence-electron chi connectivity index (χ0n) is 10.3. The molecule has 1 aromatic rings. The van der Waals surface area contributed by atoms with Gasteiger partial charge in [0, 0.05) is 30.2 Å². The summed E-state index contributed by atoms with van der Waals surface area (Å²) >= 11 is 1.45. The normalized spacial score (nSPS) is 24.2. The summed E-state index contributed by atoms with van der Waals surface area (Å²) in [6.45, 7) is 0.396. The van der Waals surface area contributed by atoms with Crippen LogP contribution in [-0.2, 0) is 14.8 Å². The second kappa shape index (κ2) is 4.53. The third-order valence-corrected chi connectivity index (χ3v) is 5.23. The summed E-state index contributed by atoms with van der Waals surface area (Å²) in [5, 5.41) is 7.70. The SMILES string of the molecule is NS(=O)(=O)CC1CC(=O)N(c2nc(C3CC3)cs2)C1. The van der Waals surface area contributed by atoms with E-state index in [9.17, 15) is 13.2 Å². The fourth-order valence-electron chi connectivity index (χ4n) is 2.37. The monoisotopic (exact) mass is 301 g/mol. The lowest BCUT2D eigenvalue weighted by molar-refractivity contribution is -0.117. The Morgan fingerprint density at radius 2 is 2.21 bits per heavy atom. The molecule has 2 aliphatic rings. The van der Waals surface area contributed by atoms with Crippen LogP contribution in [0.5, 0.6) is 0 Å². The van der Waals surface area contributed by atoms with Crippen LogP contribution in [0.25, 0.3) is 0 Å². The van der Waals surface area contributed by atoms with Gasteiger partial charge >= 0.3 is 0 Å². The third-order valence-electron chi connectivity index (χ3n) is 3.41. The van der Waals surface area contributed by atoms with Gasteiger partial charge in [0.05, 0.1) is 11.4 Å². The van der Waals surface area contributed by atoms with Crippen LogP contribution in [0.15, 0.2) is 5.38 Å². The van der Waals surface area contributed by atoms with E-state index in [0.29, 0.717) is 17.6 Å². The lowest BCUT2D eigenvalue weighted by Crippen LogP contribution is -2.27. The molecule has 1 saturated carbocycles. The number of aromatic nitrogens is 1. The Morgan fingerprint density at radius 1 is 1.47 bits per heavy atom. The first-order valence-corrected chi connectivity index (χ1v) is 8.78. The van der Waals surface area contributed by atoms with E-state index in [2.05, 4.69) is 4.98 Å². The van der Waals surface area contributed by atoms with Gasteiger partial charge in [-0.15, -0.1) is 11.3 Å². The largest absolute Gasteiger partial charge is 0.288 e. The predicted octanol–water partition coefficient (Wildman–Crippen LogP) is 0.662. The Balaban J connectivity index is 1.72. The maximum atomic E-state index is 11.9. The summed E-state index contributed by atoms with van der Waals surface area (Å²) in [4.78, 5) is 18.0. The van der Waals surface area contributed by atoms with Crippen molar-refractivity contribution in [1.29, 1.82) is 0 Å². The highest BCUT2D eigenvalue weighted by molar-refractivity contribution is 7.89. The number of hydrogen-bond donors (Lipinski definition) is 1. The van der Waals surface area contributed by atoms with Crippen molar-refractivity contribution in [1.82, 2.24) is 4.98 Å². The molecular formula is C11H15N3O3S2. The molecular weight excluding hydrogens is 286 g/mol. The van der Waals surface area contributed by atoms with Crippen molar-refractivity contribution < 1.29 is 13.2 Å². The number of primary sulfonamides is 1. The first-order chi connectivity index (χ1) is 8.92. The van der Waals surface area contributed by atoms with Crippen molar-refractivity contribution in [3.8, 4) is 0 Å². The van der Waals surface area contributed by atoms with Gasteiger partial charge in [-0.1, -0.05) is 0 Å². The maximum absolute atomic E-state index is 11.9. The Labute approximate surface area is 115 Å². The molecule has 0 radical (unpaired) electrons. The van der Waals surface area contributed by atoms with Gasteiger partial charge in [-0.2, -0.15) is 0 Å². The number of thiazole rings is 1. The number of carbonyl (C=O) groups excluding carboxylic acids is 1. The molecule has 6 nitrogen and oxygen atoms in total. The van der Waals surface area contributed by atoms with Crippen molar-refractivity contribution in [2.45, 2.75) is 25.2 Å². The van der Waals surface area contributed by atoms with Gasteiger partial charge in [-0.3, -0.25) is 9.69 Å². The van der Waals surface area contributed by atoms with E-state index in [1.807, 2.05) is 5.38 Å². The number of nitrogens with zero attached hydrogens (tertiary/aromatic N) is 2. The minimum Gasteiger partial charge on any atom is -0.288 e. The van der Waals surface area contributed by atoms with E-state index in [1.165, 1.54) is 24.2 Å². The lowest BCUT2D eigenvalue weighted by atomic mass is 10.1. The van der Waals surface area contributed by atoms with E-state index in [-0.39, 0.29) is 24.0 Å². The minimum atomic E-state index is -3.53. The van der Waals surface area contributed by atoms with Crippen LogP contribution in [-0.4, -0.2) is 31.6 Å². The van der Waals surface area contributed by atoms with Crippen LogP contribution >= 0.6 is 11.3 Å². The van der Waals surface area contributed by atoms with Gasteiger partial charge in [0.2, 0.25) is 15.9 Å². The van der Waals surface area contributed by atoms with Gasteiger partial charge in [0.15, 0.2) is 5.13 Å². The Morgan fingerprint density at radius 3 is 2.84 bits per heavy atom. The molecule has 0 aromatic carbocycles. The van der Waals surface area contributed by atoms with Gasteiger partial charge in [0.1, 0.15) is 0 Å². The Kier molecular flexibility index (Phi) is 3.11. The van der Waals surface area contributed by atoms with E-state index < -0.39 is 10.0 Å². The fraction of sp³-hybridized carbons (Fsp3) is 0.636. The van der Waals surface area contributed by atoms with Crippen LogP contribution in [0.4, 0.5) is 5.13 Å². The molecule has 1 atom stereocenters. The molecule has 8 heteroatoms. The second-order valence-electron chi connectivity index (χ2n) is 5.23. The van der Waals surface area contributed by atoms with E-state index >= 15 is 0 Å². The number of hydrogen-bond acceptors (Lipinski definition) is 5. The Hall–Kier alpha value is -0.990. The van der Waals surface area contributed by atoms with Crippen molar-refractivity contribution in [2.75, 3.05) is 17.2 Å². The molecule has 1 aliphatic carbocycles. The maximum Gasteiger partial charge on any atom is 0.229 e. The molecule has 0 bridgehead atoms. The third kappa shape index (κ3) is 2.96.